The van der Waals surface area contributed by atoms with Crippen LogP contribution in [0.2, 0.25) is 0 Å². The summed E-state index contributed by atoms with van der Waals surface area (Å²) in [6.07, 6.45) is -14.4. The van der Waals surface area contributed by atoms with Crippen LogP contribution in [0.4, 0.5) is 4.79 Å². The second-order valence-electron chi connectivity index (χ2n) is 11.2. The summed E-state index contributed by atoms with van der Waals surface area (Å²) < 4.78 is 23.2. The third kappa shape index (κ3) is 7.84. The molecule has 42 heavy (non-hydrogen) atoms. The molecule has 0 unspecified atom stereocenters. The Morgan fingerprint density at radius 3 is 2.33 bits per heavy atom. The molecule has 3 rings (SSSR count). The van der Waals surface area contributed by atoms with Crippen LogP contribution in [0.1, 0.15) is 20.3 Å². The summed E-state index contributed by atoms with van der Waals surface area (Å²) in [5.74, 6) is 0. The predicted molar refractivity (Wildman–Crippen MR) is 143 cm³/mol. The molecule has 2 heterocycles. The number of carbonyl (C=O) groups excluding carboxylic acids is 1. The summed E-state index contributed by atoms with van der Waals surface area (Å²) in [4.78, 5) is 12.6. The monoisotopic (exact) mass is 612 g/mol. The average Bonchev–Trinajstić information content (AvgIpc) is 2.93. The number of nitrogens with zero attached hydrogens (tertiary/aromatic N) is 1. The molecule has 0 aromatic rings. The van der Waals surface area contributed by atoms with Crippen molar-refractivity contribution in [2.45, 2.75) is 105 Å². The maximum Gasteiger partial charge on any atom is 0.341 e. The van der Waals surface area contributed by atoms with E-state index in [2.05, 4.69) is 16.0 Å². The van der Waals surface area contributed by atoms with Crippen molar-refractivity contribution in [1.82, 2.24) is 21.0 Å². The Kier molecular flexibility index (Phi) is 12.6. The summed E-state index contributed by atoms with van der Waals surface area (Å²) in [5, 5.41) is 82.9. The lowest BCUT2D eigenvalue weighted by atomic mass is 9.83. The quantitative estimate of drug-likeness (QED) is 0.0764. The largest absolute Gasteiger partial charge is 0.388 e. The normalized spacial score (nSPS) is 44.5. The van der Waals surface area contributed by atoms with E-state index in [1.807, 2.05) is 6.92 Å². The van der Waals surface area contributed by atoms with Gasteiger partial charge in [0.25, 0.3) is 0 Å². The lowest BCUT2D eigenvalue weighted by Crippen LogP contribution is -2.70. The van der Waals surface area contributed by atoms with Crippen molar-refractivity contribution < 1.29 is 59.6 Å². The molecule has 0 aromatic heterocycles. The third-order valence-electron chi connectivity index (χ3n) is 7.89. The van der Waals surface area contributed by atoms with Crippen LogP contribution in [0, 0.1) is 0 Å². The fourth-order valence-corrected chi connectivity index (χ4v) is 5.55. The summed E-state index contributed by atoms with van der Waals surface area (Å²) in [6, 6.07) is -3.88. The van der Waals surface area contributed by atoms with Gasteiger partial charge in [-0.15, -0.1) is 0 Å². The number of hydroxylamine groups is 2. The molecule has 0 aromatic carbocycles. The van der Waals surface area contributed by atoms with Gasteiger partial charge in [-0.1, -0.05) is 6.92 Å². The van der Waals surface area contributed by atoms with Gasteiger partial charge in [0.05, 0.1) is 25.2 Å². The number of amides is 2. The molecular weight excluding hydrogens is 564 g/mol. The van der Waals surface area contributed by atoms with Crippen LogP contribution in [0.25, 0.3) is 0 Å². The first-order chi connectivity index (χ1) is 19.8. The molecule has 2 amide bonds. The minimum absolute atomic E-state index is 0.0287. The first-order valence-corrected chi connectivity index (χ1v) is 14.1. The zero-order chi connectivity index (χ0) is 31.4. The van der Waals surface area contributed by atoms with Crippen LogP contribution < -0.4 is 27.4 Å². The van der Waals surface area contributed by atoms with Crippen LogP contribution in [0.5, 0.6) is 0 Å². The van der Waals surface area contributed by atoms with Gasteiger partial charge < -0.3 is 77.0 Å². The Hall–Kier alpha value is -1.33. The number of urea groups is 1. The molecule has 3 aliphatic rings. The number of likely N-dealkylation sites (N-methyl/N-ethyl adjacent to an activating group) is 2. The molecule has 2 saturated heterocycles. The summed E-state index contributed by atoms with van der Waals surface area (Å²) in [5.41, 5.74) is 10.3. The molecule has 1 aliphatic carbocycles. The molecule has 0 spiro atoms. The minimum atomic E-state index is -1.70. The minimum Gasteiger partial charge on any atom is -0.388 e. The van der Waals surface area contributed by atoms with E-state index in [0.717, 1.165) is 0 Å². The van der Waals surface area contributed by atoms with E-state index in [1.54, 1.807) is 0 Å². The van der Waals surface area contributed by atoms with Gasteiger partial charge in [-0.3, -0.25) is 5.21 Å². The maximum atomic E-state index is 12.6. The van der Waals surface area contributed by atoms with Crippen LogP contribution in [0.3, 0.4) is 0 Å². The molecule has 14 atom stereocenters. The number of carbonyl (C=O) groups is 1. The molecule has 0 radical (unpaired) electrons. The van der Waals surface area contributed by atoms with E-state index in [4.69, 9.17) is 30.4 Å². The van der Waals surface area contributed by atoms with E-state index in [0.29, 0.717) is 11.6 Å². The Morgan fingerprint density at radius 2 is 1.71 bits per heavy atom. The van der Waals surface area contributed by atoms with Crippen LogP contribution in [0.15, 0.2) is 0 Å². The first kappa shape index (κ1) is 35.2. The number of nitrogens with two attached hydrogens (primary N) is 2. The van der Waals surface area contributed by atoms with Gasteiger partial charge in [0.15, 0.2) is 12.6 Å². The Balaban J connectivity index is 1.84. The molecule has 18 nitrogen and oxygen atoms in total. The second-order valence-corrected chi connectivity index (χ2v) is 11.2. The van der Waals surface area contributed by atoms with Gasteiger partial charge in [-0.25, -0.2) is 9.86 Å². The standard InChI is InChI=1S/C24H48N6O12/c1-4-28-8-12-13(31)14(32)15(33)22(40-12)41-18-10(26)7-11(29-23(36)30(38)6-5-25)19(16(18)34)42-21-17(35)20(27-3)24(2,37)9-39-21/h10-22,27-28,31-35,37-38H,4-9,25-26H2,1-3H3,(H,29,36)/t10-,11+,12+,13+,14-,15+,16-,17+,18+,19-,20+,21+,22+,24-/m0/s1. The Labute approximate surface area is 243 Å². The smallest absolute Gasteiger partial charge is 0.341 e. The predicted octanol–water partition coefficient (Wildman–Crippen LogP) is -5.95. The van der Waals surface area contributed by atoms with Crippen LogP contribution in [-0.2, 0) is 18.9 Å². The highest BCUT2D eigenvalue weighted by atomic mass is 16.7. The van der Waals surface area contributed by atoms with Crippen LogP contribution >= 0.6 is 0 Å². The number of nitrogens with one attached hydrogen (secondary N) is 3. The van der Waals surface area contributed by atoms with Gasteiger partial charge >= 0.3 is 6.03 Å². The fraction of sp³-hybridized carbons (Fsp3) is 0.958. The average molecular weight is 613 g/mol. The van der Waals surface area contributed by atoms with Crippen molar-refractivity contribution in [3.63, 3.8) is 0 Å². The van der Waals surface area contributed by atoms with E-state index in [1.165, 1.54) is 14.0 Å². The molecule has 14 N–H and O–H groups in total. The molecule has 2 aliphatic heterocycles. The number of hydrogen-bond acceptors (Lipinski definition) is 16. The molecule has 18 heteroatoms. The Morgan fingerprint density at radius 1 is 1.05 bits per heavy atom. The third-order valence-corrected chi connectivity index (χ3v) is 7.89. The molecular formula is C24H48N6O12. The van der Waals surface area contributed by atoms with Gasteiger partial charge in [0, 0.05) is 19.1 Å². The molecule has 1 saturated carbocycles. The highest BCUT2D eigenvalue weighted by Gasteiger charge is 2.53. The lowest BCUT2D eigenvalue weighted by Gasteiger charge is -2.49. The van der Waals surface area contributed by atoms with Gasteiger partial charge in [0.1, 0.15) is 54.4 Å². The van der Waals surface area contributed by atoms with E-state index in [9.17, 15) is 40.6 Å². The number of rotatable bonds is 11. The topological polar surface area (TPSA) is 287 Å². The molecule has 246 valence electrons. The number of ether oxygens (including phenoxy) is 4. The summed E-state index contributed by atoms with van der Waals surface area (Å²) >= 11 is 0. The van der Waals surface area contributed by atoms with Crippen molar-refractivity contribution in [2.24, 2.45) is 11.5 Å². The first-order valence-electron chi connectivity index (χ1n) is 14.1. The van der Waals surface area contributed by atoms with Crippen molar-refractivity contribution in [3.8, 4) is 0 Å². The lowest BCUT2D eigenvalue weighted by molar-refractivity contribution is -0.330. The highest BCUT2D eigenvalue weighted by Crippen LogP contribution is 2.32. The SMILES string of the molecule is CCNC[C@H]1O[C@H](O[C@H]2[C@H](O)[C@@H](O[C@H]3OC[C@](C)(O)[C@H](NC)[C@H]3O)[C@H](NC(=O)N(O)CCN)C[C@@H]2N)[C@H](O)[C@@H](O)[C@@H]1O. The van der Waals surface area contributed by atoms with Crippen LogP contribution in [-0.4, -0.2) is 172 Å². The van der Waals surface area contributed by atoms with Gasteiger partial charge in [0.2, 0.25) is 0 Å². The molecule has 3 fully saturated rings. The van der Waals surface area contributed by atoms with Gasteiger partial charge in [-0.2, -0.15) is 0 Å². The number of aliphatic hydroxyl groups excluding tert-OH is 5. The van der Waals surface area contributed by atoms with E-state index in [-0.39, 0.29) is 32.7 Å². The summed E-state index contributed by atoms with van der Waals surface area (Å²) in [6.45, 7) is 3.52. The van der Waals surface area contributed by atoms with Crippen molar-refractivity contribution in [3.05, 3.63) is 0 Å². The number of hydrogen-bond donors (Lipinski definition) is 12. The van der Waals surface area contributed by atoms with Crippen molar-refractivity contribution >= 4 is 6.03 Å². The fourth-order valence-electron chi connectivity index (χ4n) is 5.55. The van der Waals surface area contributed by atoms with Crippen molar-refractivity contribution in [1.29, 1.82) is 0 Å². The zero-order valence-electron chi connectivity index (χ0n) is 24.0. The van der Waals surface area contributed by atoms with Gasteiger partial charge in [-0.05, 0) is 26.9 Å². The maximum absolute atomic E-state index is 12.6. The van der Waals surface area contributed by atoms with E-state index < -0.39 is 91.2 Å². The zero-order valence-corrected chi connectivity index (χ0v) is 24.0. The highest BCUT2D eigenvalue weighted by molar-refractivity contribution is 5.73. The van der Waals surface area contributed by atoms with E-state index >= 15 is 0 Å². The molecule has 0 bridgehead atoms. The number of aliphatic hydroxyl groups is 6. The second kappa shape index (κ2) is 15.1. The summed E-state index contributed by atoms with van der Waals surface area (Å²) in [7, 11) is 1.53. The Bertz CT molecular complexity index is 863. The van der Waals surface area contributed by atoms with Crippen molar-refractivity contribution in [2.75, 3.05) is 39.8 Å².